The number of nitrogens with zero attached hydrogens (tertiary/aromatic N) is 1. The van der Waals surface area contributed by atoms with E-state index >= 15 is 0 Å². The van der Waals surface area contributed by atoms with Crippen molar-refractivity contribution in [3.63, 3.8) is 0 Å². The van der Waals surface area contributed by atoms with Crippen LogP contribution in [0.2, 0.25) is 0 Å². The maximum Gasteiger partial charge on any atom is 0.249 e. The summed E-state index contributed by atoms with van der Waals surface area (Å²) in [4.78, 5) is 23.8. The summed E-state index contributed by atoms with van der Waals surface area (Å²) in [6.45, 7) is 0. The van der Waals surface area contributed by atoms with Crippen molar-refractivity contribution in [1.82, 2.24) is 5.43 Å². The molecular formula is C19H21N3O5. The van der Waals surface area contributed by atoms with Crippen molar-refractivity contribution in [2.75, 3.05) is 26.6 Å². The van der Waals surface area contributed by atoms with Crippen LogP contribution in [-0.4, -0.2) is 39.4 Å². The van der Waals surface area contributed by atoms with Gasteiger partial charge in [-0.2, -0.15) is 5.10 Å². The van der Waals surface area contributed by atoms with Crippen LogP contribution in [0.3, 0.4) is 0 Å². The molecule has 2 aromatic carbocycles. The zero-order valence-electron chi connectivity index (χ0n) is 15.3. The molecule has 2 rings (SSSR count). The van der Waals surface area contributed by atoms with Crippen LogP contribution in [0.25, 0.3) is 0 Å². The Morgan fingerprint density at radius 3 is 2.41 bits per heavy atom. The minimum absolute atomic E-state index is 0.371. The molecule has 0 radical (unpaired) electrons. The molecule has 0 saturated carbocycles. The molecule has 0 aliphatic carbocycles. The number of benzene rings is 2. The van der Waals surface area contributed by atoms with Crippen molar-refractivity contribution in [1.29, 1.82) is 0 Å². The van der Waals surface area contributed by atoms with Crippen LogP contribution in [-0.2, 0) is 9.59 Å². The number of hydrazone groups is 1. The Labute approximate surface area is 157 Å². The molecule has 0 saturated heterocycles. The van der Waals surface area contributed by atoms with E-state index in [4.69, 9.17) is 14.2 Å². The molecule has 8 heteroatoms. The first-order valence-electron chi connectivity index (χ1n) is 8.03. The van der Waals surface area contributed by atoms with Crippen LogP contribution in [0.4, 0.5) is 5.69 Å². The normalized spacial score (nSPS) is 10.3. The predicted molar refractivity (Wildman–Crippen MR) is 102 cm³/mol. The van der Waals surface area contributed by atoms with Gasteiger partial charge in [0.05, 0.1) is 27.5 Å². The average molecular weight is 371 g/mol. The molecule has 0 heterocycles. The van der Waals surface area contributed by atoms with Gasteiger partial charge in [0.1, 0.15) is 23.7 Å². The molecule has 0 unspecified atom stereocenters. The van der Waals surface area contributed by atoms with Gasteiger partial charge in [-0.3, -0.25) is 9.59 Å². The lowest BCUT2D eigenvalue weighted by atomic mass is 10.2. The fraction of sp³-hybridized carbons (Fsp3) is 0.211. The molecule has 0 fully saturated rings. The van der Waals surface area contributed by atoms with Crippen LogP contribution in [0.15, 0.2) is 47.6 Å². The lowest BCUT2D eigenvalue weighted by Crippen LogP contribution is -2.24. The number of nitrogens with one attached hydrogen (secondary N) is 2. The van der Waals surface area contributed by atoms with E-state index in [0.29, 0.717) is 28.5 Å². The van der Waals surface area contributed by atoms with E-state index in [0.717, 1.165) is 0 Å². The van der Waals surface area contributed by atoms with E-state index in [2.05, 4.69) is 15.8 Å². The molecule has 27 heavy (non-hydrogen) atoms. The Balaban J connectivity index is 1.90. The second-order valence-corrected chi connectivity index (χ2v) is 5.36. The number of amides is 2. The first-order valence-corrected chi connectivity index (χ1v) is 8.03. The van der Waals surface area contributed by atoms with Gasteiger partial charge in [0.25, 0.3) is 0 Å². The number of carbonyl (C=O) groups excluding carboxylic acids is 2. The zero-order chi connectivity index (χ0) is 19.6. The first-order chi connectivity index (χ1) is 13.0. The molecule has 0 atom stereocenters. The Morgan fingerprint density at radius 1 is 0.963 bits per heavy atom. The van der Waals surface area contributed by atoms with Gasteiger partial charge in [0, 0.05) is 17.3 Å². The lowest BCUT2D eigenvalue weighted by molar-refractivity contribution is -0.126. The molecule has 0 spiro atoms. The van der Waals surface area contributed by atoms with Crippen molar-refractivity contribution in [2.24, 2.45) is 5.10 Å². The van der Waals surface area contributed by atoms with Gasteiger partial charge >= 0.3 is 0 Å². The third kappa shape index (κ3) is 6.03. The predicted octanol–water partition coefficient (Wildman–Crippen LogP) is 2.19. The monoisotopic (exact) mass is 371 g/mol. The molecule has 2 amide bonds. The van der Waals surface area contributed by atoms with Crippen LogP contribution < -0.4 is 25.0 Å². The standard InChI is InChI=1S/C19H21N3O5/c1-25-15-6-4-5-14(10-15)21-18(23)11-19(24)22-20-12-13-9-16(26-2)7-8-17(13)27-3/h4-10,12H,11H2,1-3H3,(H,21,23)(H,22,24). The molecule has 0 aromatic heterocycles. The van der Waals surface area contributed by atoms with Crippen molar-refractivity contribution in [3.8, 4) is 17.2 Å². The Bertz CT molecular complexity index is 836. The number of methoxy groups -OCH3 is 3. The molecule has 0 aliphatic rings. The van der Waals surface area contributed by atoms with Crippen LogP contribution in [0.5, 0.6) is 17.2 Å². The highest BCUT2D eigenvalue weighted by Crippen LogP contribution is 2.22. The molecule has 2 aromatic rings. The summed E-state index contributed by atoms with van der Waals surface area (Å²) in [5.74, 6) is 0.795. The van der Waals surface area contributed by atoms with Gasteiger partial charge in [-0.05, 0) is 30.3 Å². The van der Waals surface area contributed by atoms with Crippen molar-refractivity contribution in [2.45, 2.75) is 6.42 Å². The summed E-state index contributed by atoms with van der Waals surface area (Å²) in [6.07, 6.45) is 1.04. The average Bonchev–Trinajstić information content (AvgIpc) is 2.67. The number of rotatable bonds is 8. The Kier molecular flexibility index (Phi) is 7.18. The zero-order valence-corrected chi connectivity index (χ0v) is 15.3. The van der Waals surface area contributed by atoms with E-state index in [9.17, 15) is 9.59 Å². The van der Waals surface area contributed by atoms with Crippen molar-refractivity contribution in [3.05, 3.63) is 48.0 Å². The van der Waals surface area contributed by atoms with Gasteiger partial charge in [-0.15, -0.1) is 0 Å². The van der Waals surface area contributed by atoms with E-state index in [-0.39, 0.29) is 6.42 Å². The van der Waals surface area contributed by atoms with E-state index in [1.807, 2.05) is 0 Å². The third-order valence-corrected chi connectivity index (χ3v) is 3.50. The van der Waals surface area contributed by atoms with Gasteiger partial charge in [-0.1, -0.05) is 6.07 Å². The number of anilines is 1. The van der Waals surface area contributed by atoms with Gasteiger partial charge in [-0.25, -0.2) is 5.43 Å². The van der Waals surface area contributed by atoms with Gasteiger partial charge < -0.3 is 19.5 Å². The largest absolute Gasteiger partial charge is 0.497 e. The topological polar surface area (TPSA) is 98.2 Å². The maximum absolute atomic E-state index is 11.9. The summed E-state index contributed by atoms with van der Waals surface area (Å²) < 4.78 is 15.4. The van der Waals surface area contributed by atoms with Crippen molar-refractivity contribution < 1.29 is 23.8 Å². The second-order valence-electron chi connectivity index (χ2n) is 5.36. The highest BCUT2D eigenvalue weighted by Gasteiger charge is 2.10. The maximum atomic E-state index is 11.9. The molecular weight excluding hydrogens is 350 g/mol. The van der Waals surface area contributed by atoms with Gasteiger partial charge in [0.2, 0.25) is 11.8 Å². The first kappa shape index (κ1) is 19.8. The summed E-state index contributed by atoms with van der Waals surface area (Å²) in [6, 6.07) is 12.0. The minimum atomic E-state index is -0.548. The Morgan fingerprint density at radius 2 is 1.70 bits per heavy atom. The molecule has 2 N–H and O–H groups in total. The minimum Gasteiger partial charge on any atom is -0.497 e. The third-order valence-electron chi connectivity index (χ3n) is 3.50. The highest BCUT2D eigenvalue weighted by molar-refractivity contribution is 6.03. The van der Waals surface area contributed by atoms with E-state index in [1.54, 1.807) is 49.6 Å². The second kappa shape index (κ2) is 9.81. The fourth-order valence-corrected chi connectivity index (χ4v) is 2.21. The molecule has 0 bridgehead atoms. The van der Waals surface area contributed by atoms with E-state index < -0.39 is 11.8 Å². The summed E-state index contributed by atoms with van der Waals surface area (Å²) in [5, 5.41) is 6.47. The quantitative estimate of drug-likeness (QED) is 0.421. The van der Waals surface area contributed by atoms with Crippen LogP contribution in [0, 0.1) is 0 Å². The SMILES string of the molecule is COc1cccc(NC(=O)CC(=O)NN=Cc2cc(OC)ccc2OC)c1. The number of ether oxygens (including phenoxy) is 3. The summed E-state index contributed by atoms with van der Waals surface area (Å²) >= 11 is 0. The number of hydrogen-bond acceptors (Lipinski definition) is 6. The fourth-order valence-electron chi connectivity index (χ4n) is 2.21. The van der Waals surface area contributed by atoms with Crippen LogP contribution in [0.1, 0.15) is 12.0 Å². The highest BCUT2D eigenvalue weighted by atomic mass is 16.5. The Hall–Kier alpha value is -3.55. The molecule has 0 aliphatic heterocycles. The molecule has 142 valence electrons. The van der Waals surface area contributed by atoms with E-state index in [1.165, 1.54) is 20.4 Å². The number of carbonyl (C=O) groups is 2. The van der Waals surface area contributed by atoms with Gasteiger partial charge in [0.15, 0.2) is 0 Å². The summed E-state index contributed by atoms with van der Waals surface area (Å²) in [7, 11) is 4.61. The number of hydrogen-bond donors (Lipinski definition) is 2. The van der Waals surface area contributed by atoms with Crippen molar-refractivity contribution >= 4 is 23.7 Å². The van der Waals surface area contributed by atoms with Crippen LogP contribution >= 0.6 is 0 Å². The summed E-state index contributed by atoms with van der Waals surface area (Å²) in [5.41, 5.74) is 3.47. The smallest absolute Gasteiger partial charge is 0.249 e. The molecule has 8 nitrogen and oxygen atoms in total. The lowest BCUT2D eigenvalue weighted by Gasteiger charge is -2.07.